The van der Waals surface area contributed by atoms with Crippen LogP contribution in [0.3, 0.4) is 0 Å². The number of unbranched alkanes of at least 4 members (excludes halogenated alkanes) is 2. The summed E-state index contributed by atoms with van der Waals surface area (Å²) in [6.45, 7) is -2.47. The highest BCUT2D eigenvalue weighted by molar-refractivity contribution is 5.90. The normalized spacial score (nSPS) is 12.7. The van der Waals surface area contributed by atoms with Gasteiger partial charge >= 0.3 is 11.9 Å². The summed E-state index contributed by atoms with van der Waals surface area (Å²) in [5, 5.41) is 19.4. The highest BCUT2D eigenvalue weighted by Gasteiger charge is 2.32. The third kappa shape index (κ3) is 9.25. The molecular weight excluding hydrogens is 618 g/mol. The number of ether oxygens (including phenoxy) is 4. The van der Waals surface area contributed by atoms with E-state index in [-0.39, 0.29) is 13.2 Å². The molecule has 43 heavy (non-hydrogen) atoms. The van der Waals surface area contributed by atoms with Gasteiger partial charge in [-0.2, -0.15) is 0 Å². The van der Waals surface area contributed by atoms with E-state index in [9.17, 15) is 63.7 Å². The molecule has 18 heteroatoms. The van der Waals surface area contributed by atoms with Crippen molar-refractivity contribution in [1.82, 2.24) is 0 Å². The Morgan fingerprint density at radius 1 is 0.465 bits per heavy atom. The van der Waals surface area contributed by atoms with E-state index in [4.69, 9.17) is 9.47 Å². The molecule has 0 aliphatic rings. The summed E-state index contributed by atoms with van der Waals surface area (Å²) in [6.07, 6.45) is -1.71. The smallest absolute Gasteiger partial charge is 0.344 e. The summed E-state index contributed by atoms with van der Waals surface area (Å²) in [7, 11) is 0. The van der Waals surface area contributed by atoms with Gasteiger partial charge in [0, 0.05) is 13.2 Å². The molecule has 2 unspecified atom stereocenters. The molecule has 8 nitrogen and oxygen atoms in total. The number of halogens is 10. The van der Waals surface area contributed by atoms with Crippen molar-refractivity contribution in [2.45, 2.75) is 31.5 Å². The SMILES string of the molecule is O=C(OCC(O)COCCCCCOCC(O)COC(=O)c1c(F)c(F)c(F)c(F)c1F)c1c(F)c(F)c(F)c(F)c1F. The number of aliphatic hydroxyl groups is 2. The highest BCUT2D eigenvalue weighted by atomic mass is 19.2. The van der Waals surface area contributed by atoms with E-state index in [1.165, 1.54) is 0 Å². The number of carbonyl (C=O) groups is 2. The lowest BCUT2D eigenvalue weighted by Gasteiger charge is -2.13. The van der Waals surface area contributed by atoms with Crippen molar-refractivity contribution in [3.63, 3.8) is 0 Å². The van der Waals surface area contributed by atoms with E-state index in [1.54, 1.807) is 0 Å². The van der Waals surface area contributed by atoms with Gasteiger partial charge in [-0.1, -0.05) is 0 Å². The molecule has 0 aliphatic carbocycles. The molecule has 2 aromatic carbocycles. The fraction of sp³-hybridized carbons (Fsp3) is 0.440. The van der Waals surface area contributed by atoms with Gasteiger partial charge in [0.25, 0.3) is 0 Å². The number of benzene rings is 2. The zero-order chi connectivity index (χ0) is 32.4. The molecule has 2 rings (SSSR count). The van der Waals surface area contributed by atoms with Crippen LogP contribution in [0.2, 0.25) is 0 Å². The second-order valence-electron chi connectivity index (χ2n) is 8.60. The van der Waals surface area contributed by atoms with Gasteiger partial charge in [-0.3, -0.25) is 0 Å². The summed E-state index contributed by atoms with van der Waals surface area (Å²) in [4.78, 5) is 23.4. The van der Waals surface area contributed by atoms with Crippen LogP contribution in [-0.4, -0.2) is 74.0 Å². The molecule has 0 radical (unpaired) electrons. The molecule has 0 saturated carbocycles. The minimum atomic E-state index is -2.46. The summed E-state index contributed by atoms with van der Waals surface area (Å²) < 4.78 is 152. The van der Waals surface area contributed by atoms with Crippen molar-refractivity contribution in [1.29, 1.82) is 0 Å². The van der Waals surface area contributed by atoms with Gasteiger partial charge in [0.1, 0.15) is 36.5 Å². The Labute approximate surface area is 235 Å². The Bertz CT molecular complexity index is 1150. The zero-order valence-electron chi connectivity index (χ0n) is 21.6. The predicted molar refractivity (Wildman–Crippen MR) is 121 cm³/mol. The maximum Gasteiger partial charge on any atom is 0.344 e. The first-order valence-corrected chi connectivity index (χ1v) is 12.1. The second-order valence-corrected chi connectivity index (χ2v) is 8.60. The third-order valence-corrected chi connectivity index (χ3v) is 5.34. The van der Waals surface area contributed by atoms with Crippen LogP contribution in [0.15, 0.2) is 0 Å². The Morgan fingerprint density at radius 2 is 0.744 bits per heavy atom. The van der Waals surface area contributed by atoms with E-state index in [2.05, 4.69) is 9.47 Å². The first kappa shape index (κ1) is 35.7. The van der Waals surface area contributed by atoms with Crippen LogP contribution in [0.4, 0.5) is 43.9 Å². The van der Waals surface area contributed by atoms with Gasteiger partial charge in [0.05, 0.1) is 13.2 Å². The molecule has 2 N–H and O–H groups in total. The van der Waals surface area contributed by atoms with Crippen LogP contribution < -0.4 is 0 Å². The number of hydrogen-bond donors (Lipinski definition) is 2. The van der Waals surface area contributed by atoms with Gasteiger partial charge in [-0.05, 0) is 19.3 Å². The molecule has 2 aromatic rings. The quantitative estimate of drug-likeness (QED) is 0.0932. The predicted octanol–water partition coefficient (Wildman–Crippen LogP) is 4.02. The molecule has 0 saturated heterocycles. The molecule has 0 fully saturated rings. The molecule has 240 valence electrons. The van der Waals surface area contributed by atoms with Gasteiger partial charge in [-0.25, -0.2) is 53.5 Å². The van der Waals surface area contributed by atoms with E-state index in [1.807, 2.05) is 0 Å². The second kappa shape index (κ2) is 16.4. The van der Waals surface area contributed by atoms with Crippen molar-refractivity contribution in [3.05, 3.63) is 69.3 Å². The van der Waals surface area contributed by atoms with Gasteiger partial charge in [-0.15, -0.1) is 0 Å². The summed E-state index contributed by atoms with van der Waals surface area (Å²) in [5.74, 6) is -27.6. The standard InChI is InChI=1S/C25H22F10O8/c26-14-12(15(27)19(31)22(34)18(14)30)24(38)42-8-10(36)6-40-4-2-1-3-5-41-7-11(37)9-43-25(39)13-16(28)20(32)23(35)21(33)17(13)29/h10-11,36-37H,1-9H2. The van der Waals surface area contributed by atoms with Crippen LogP contribution in [0.5, 0.6) is 0 Å². The van der Waals surface area contributed by atoms with Gasteiger partial charge < -0.3 is 29.2 Å². The zero-order valence-corrected chi connectivity index (χ0v) is 21.6. The average Bonchev–Trinajstić information content (AvgIpc) is 2.98. The first-order chi connectivity index (χ1) is 20.2. The highest BCUT2D eigenvalue weighted by Crippen LogP contribution is 2.25. The molecule has 0 spiro atoms. The van der Waals surface area contributed by atoms with Crippen LogP contribution in [0.25, 0.3) is 0 Å². The van der Waals surface area contributed by atoms with Gasteiger partial charge in [0.15, 0.2) is 46.5 Å². The summed E-state index contributed by atoms with van der Waals surface area (Å²) in [6, 6.07) is 0. The Hall–Kier alpha value is -3.48. The number of rotatable bonds is 16. The van der Waals surface area contributed by atoms with Crippen molar-refractivity contribution < 1.29 is 82.7 Å². The summed E-state index contributed by atoms with van der Waals surface area (Å²) >= 11 is 0. The maximum atomic E-state index is 13.6. The van der Waals surface area contributed by atoms with Gasteiger partial charge in [0.2, 0.25) is 11.6 Å². The van der Waals surface area contributed by atoms with E-state index in [0.29, 0.717) is 19.3 Å². The molecular formula is C25H22F10O8. The monoisotopic (exact) mass is 640 g/mol. The van der Waals surface area contributed by atoms with Crippen LogP contribution in [0.1, 0.15) is 40.0 Å². The van der Waals surface area contributed by atoms with Crippen molar-refractivity contribution in [2.75, 3.05) is 39.6 Å². The number of carbonyl (C=O) groups excluding carboxylic acids is 2. The first-order valence-electron chi connectivity index (χ1n) is 12.1. The Morgan fingerprint density at radius 3 is 1.05 bits per heavy atom. The minimum Gasteiger partial charge on any atom is -0.459 e. The lowest BCUT2D eigenvalue weighted by Crippen LogP contribution is -2.25. The van der Waals surface area contributed by atoms with E-state index < -0.39 is 120 Å². The topological polar surface area (TPSA) is 112 Å². The lowest BCUT2D eigenvalue weighted by atomic mass is 10.1. The fourth-order valence-electron chi connectivity index (χ4n) is 3.18. The van der Waals surface area contributed by atoms with Crippen LogP contribution in [0, 0.1) is 58.2 Å². The Kier molecular flexibility index (Phi) is 13.6. The fourth-order valence-corrected chi connectivity index (χ4v) is 3.18. The third-order valence-electron chi connectivity index (χ3n) is 5.34. The maximum absolute atomic E-state index is 13.6. The number of esters is 2. The van der Waals surface area contributed by atoms with Crippen molar-refractivity contribution in [2.24, 2.45) is 0 Å². The molecule has 2 atom stereocenters. The minimum absolute atomic E-state index is 0.0684. The van der Waals surface area contributed by atoms with Crippen molar-refractivity contribution >= 4 is 11.9 Å². The molecule has 0 bridgehead atoms. The summed E-state index contributed by atoms with van der Waals surface area (Å²) in [5.41, 5.74) is -3.63. The Balaban J connectivity index is 1.57. The van der Waals surface area contributed by atoms with E-state index in [0.717, 1.165) is 0 Å². The lowest BCUT2D eigenvalue weighted by molar-refractivity contribution is -0.0150. The number of aliphatic hydroxyl groups excluding tert-OH is 2. The number of hydrogen-bond acceptors (Lipinski definition) is 8. The van der Waals surface area contributed by atoms with E-state index >= 15 is 0 Å². The molecule has 0 aliphatic heterocycles. The van der Waals surface area contributed by atoms with Crippen LogP contribution >= 0.6 is 0 Å². The van der Waals surface area contributed by atoms with Crippen LogP contribution in [-0.2, 0) is 18.9 Å². The average molecular weight is 640 g/mol. The molecule has 0 heterocycles. The molecule has 0 aromatic heterocycles. The van der Waals surface area contributed by atoms with Crippen molar-refractivity contribution in [3.8, 4) is 0 Å². The largest absolute Gasteiger partial charge is 0.459 e. The molecule has 0 amide bonds.